The normalized spacial score (nSPS) is 13.5. The number of carbonyl (C=O) groups is 2. The molecule has 7 nitrogen and oxygen atoms in total. The smallest absolute Gasteiger partial charge is 0.338 e. The number of esters is 1. The van der Waals surface area contributed by atoms with Gasteiger partial charge in [0.2, 0.25) is 9.84 Å². The molecule has 3 aromatic rings. The number of ketones is 1. The lowest BCUT2D eigenvalue weighted by Crippen LogP contribution is -2.21. The van der Waals surface area contributed by atoms with Crippen LogP contribution in [0.3, 0.4) is 0 Å². The topological polar surface area (TPSA) is 96.0 Å². The van der Waals surface area contributed by atoms with Crippen molar-refractivity contribution in [2.45, 2.75) is 23.1 Å². The van der Waals surface area contributed by atoms with Gasteiger partial charge >= 0.3 is 5.97 Å². The molecule has 170 valence electrons. The molecule has 0 spiro atoms. The average molecular weight is 467 g/mol. The highest BCUT2D eigenvalue weighted by atomic mass is 32.2. The van der Waals surface area contributed by atoms with Gasteiger partial charge in [0.05, 0.1) is 22.0 Å². The van der Waals surface area contributed by atoms with E-state index in [1.165, 1.54) is 30.3 Å². The van der Waals surface area contributed by atoms with E-state index in [9.17, 15) is 18.0 Å². The molecule has 0 unspecified atom stereocenters. The molecule has 0 saturated heterocycles. The van der Waals surface area contributed by atoms with Gasteiger partial charge in [-0.1, -0.05) is 19.1 Å². The van der Waals surface area contributed by atoms with E-state index in [0.29, 0.717) is 12.4 Å². The Morgan fingerprint density at radius 3 is 2.12 bits per heavy atom. The zero-order chi connectivity index (χ0) is 23.4. The number of carbonyl (C=O) groups excluding carboxylic acids is 2. The minimum absolute atomic E-state index is 0.0292. The summed E-state index contributed by atoms with van der Waals surface area (Å²) in [4.78, 5) is 24.9. The summed E-state index contributed by atoms with van der Waals surface area (Å²) >= 11 is 0. The quantitative estimate of drug-likeness (QED) is 0.285. The van der Waals surface area contributed by atoms with Crippen LogP contribution in [0.25, 0.3) is 0 Å². The molecule has 1 heterocycles. The van der Waals surface area contributed by atoms with Gasteiger partial charge in [-0.15, -0.1) is 0 Å². The highest BCUT2D eigenvalue weighted by Gasteiger charge is 2.35. The third kappa shape index (κ3) is 4.61. The molecule has 4 rings (SSSR count). The predicted molar refractivity (Wildman–Crippen MR) is 120 cm³/mol. The van der Waals surface area contributed by atoms with Crippen LogP contribution in [0.1, 0.15) is 39.6 Å². The van der Waals surface area contributed by atoms with Gasteiger partial charge in [-0.2, -0.15) is 0 Å². The highest BCUT2D eigenvalue weighted by molar-refractivity contribution is 7.91. The molecule has 0 aliphatic carbocycles. The summed E-state index contributed by atoms with van der Waals surface area (Å²) in [7, 11) is -3.92. The van der Waals surface area contributed by atoms with E-state index in [1.807, 2.05) is 6.92 Å². The fourth-order valence-electron chi connectivity index (χ4n) is 3.44. The van der Waals surface area contributed by atoms with E-state index in [4.69, 9.17) is 14.2 Å². The summed E-state index contributed by atoms with van der Waals surface area (Å²) < 4.78 is 42.2. The van der Waals surface area contributed by atoms with Crippen molar-refractivity contribution in [3.63, 3.8) is 0 Å². The lowest BCUT2D eigenvalue weighted by molar-refractivity contribution is 0.0450. The van der Waals surface area contributed by atoms with Gasteiger partial charge in [-0.25, -0.2) is 13.2 Å². The second kappa shape index (κ2) is 9.46. The van der Waals surface area contributed by atoms with Gasteiger partial charge in [0.1, 0.15) is 24.7 Å². The second-order valence-electron chi connectivity index (χ2n) is 7.34. The van der Waals surface area contributed by atoms with Crippen molar-refractivity contribution in [2.24, 2.45) is 0 Å². The Balaban J connectivity index is 1.39. The van der Waals surface area contributed by atoms with Crippen molar-refractivity contribution in [1.29, 1.82) is 0 Å². The van der Waals surface area contributed by atoms with Crippen LogP contribution >= 0.6 is 0 Å². The van der Waals surface area contributed by atoms with Crippen LogP contribution in [0.4, 0.5) is 0 Å². The molecule has 0 radical (unpaired) electrons. The van der Waals surface area contributed by atoms with Gasteiger partial charge in [-0.3, -0.25) is 4.79 Å². The Hall–Kier alpha value is -3.65. The molecule has 0 fully saturated rings. The molecular formula is C25H22O7S. The van der Waals surface area contributed by atoms with Crippen LogP contribution in [0.5, 0.6) is 11.5 Å². The molecule has 0 amide bonds. The number of sulfone groups is 1. The number of rotatable bonds is 8. The monoisotopic (exact) mass is 466 g/mol. The Labute approximate surface area is 191 Å². The van der Waals surface area contributed by atoms with Crippen molar-refractivity contribution in [3.8, 4) is 11.5 Å². The lowest BCUT2D eigenvalue weighted by Gasteiger charge is -2.19. The largest absolute Gasteiger partial charge is 0.494 e. The van der Waals surface area contributed by atoms with E-state index in [-0.39, 0.29) is 39.7 Å². The summed E-state index contributed by atoms with van der Waals surface area (Å²) in [5, 5.41) is 0. The van der Waals surface area contributed by atoms with Gasteiger partial charge in [0.25, 0.3) is 0 Å². The molecule has 0 saturated carbocycles. The van der Waals surface area contributed by atoms with E-state index in [1.54, 1.807) is 36.4 Å². The van der Waals surface area contributed by atoms with E-state index < -0.39 is 21.6 Å². The maximum absolute atomic E-state index is 13.0. The number of ether oxygens (including phenoxy) is 3. The molecule has 1 aliphatic heterocycles. The van der Waals surface area contributed by atoms with Gasteiger partial charge in [0, 0.05) is 11.1 Å². The molecule has 33 heavy (non-hydrogen) atoms. The third-order valence-electron chi connectivity index (χ3n) is 5.05. The molecule has 8 heteroatoms. The predicted octanol–water partition coefficient (Wildman–Crippen LogP) is 4.09. The summed E-state index contributed by atoms with van der Waals surface area (Å²) in [6.45, 7) is 2.76. The number of hydrogen-bond acceptors (Lipinski definition) is 7. The summed E-state index contributed by atoms with van der Waals surface area (Å²) in [6.07, 6.45) is 0.920. The lowest BCUT2D eigenvalue weighted by atomic mass is 10.0. The third-order valence-corrected chi connectivity index (χ3v) is 6.91. The van der Waals surface area contributed by atoms with E-state index >= 15 is 0 Å². The molecule has 0 N–H and O–H groups in total. The van der Waals surface area contributed by atoms with Gasteiger partial charge in [-0.05, 0) is 61.0 Å². The fourth-order valence-corrected chi connectivity index (χ4v) is 5.12. The zero-order valence-corrected chi connectivity index (χ0v) is 18.8. The average Bonchev–Trinajstić information content (AvgIpc) is 2.84. The second-order valence-corrected chi connectivity index (χ2v) is 9.23. The molecule has 0 atom stereocenters. The number of benzene rings is 3. The minimum atomic E-state index is -3.92. The van der Waals surface area contributed by atoms with Crippen molar-refractivity contribution < 1.29 is 32.2 Å². The number of hydrogen-bond donors (Lipinski definition) is 0. The van der Waals surface area contributed by atoms with Crippen molar-refractivity contribution >= 4 is 21.6 Å². The van der Waals surface area contributed by atoms with Gasteiger partial charge in [0.15, 0.2) is 5.78 Å². The van der Waals surface area contributed by atoms with Crippen LogP contribution in [0, 0.1) is 0 Å². The first-order valence-electron chi connectivity index (χ1n) is 10.5. The van der Waals surface area contributed by atoms with Crippen LogP contribution < -0.4 is 9.47 Å². The Bertz CT molecular complexity index is 1290. The highest BCUT2D eigenvalue weighted by Crippen LogP contribution is 2.34. The Kier molecular flexibility index (Phi) is 6.46. The molecule has 3 aromatic carbocycles. The minimum Gasteiger partial charge on any atom is -0.494 e. The van der Waals surface area contributed by atoms with Crippen LogP contribution in [0.2, 0.25) is 0 Å². The first kappa shape index (κ1) is 22.5. The zero-order valence-electron chi connectivity index (χ0n) is 17.9. The van der Waals surface area contributed by atoms with E-state index in [2.05, 4.69) is 0 Å². The van der Waals surface area contributed by atoms with Crippen LogP contribution in [-0.2, 0) is 14.6 Å². The standard InChI is InChI=1S/C25H22O7S/c1-2-13-30-18-8-10-19(11-9-18)31-14-15-32-25(27)17-7-12-21-23(16-17)33(28,29)22-6-4-3-5-20(22)24(21)26/h3-12,16H,2,13-15H2,1H3. The maximum atomic E-state index is 13.0. The maximum Gasteiger partial charge on any atom is 0.338 e. The summed E-state index contributed by atoms with van der Waals surface area (Å²) in [5.74, 6) is 0.257. The van der Waals surface area contributed by atoms with Crippen molar-refractivity contribution in [3.05, 3.63) is 83.4 Å². The summed E-state index contributed by atoms with van der Waals surface area (Å²) in [6, 6.07) is 17.1. The fraction of sp³-hybridized carbons (Fsp3) is 0.200. The Morgan fingerprint density at radius 1 is 0.788 bits per heavy atom. The number of fused-ring (bicyclic) bond motifs is 2. The van der Waals surface area contributed by atoms with Gasteiger partial charge < -0.3 is 14.2 Å². The molecular weight excluding hydrogens is 444 g/mol. The molecule has 1 aliphatic rings. The first-order valence-corrected chi connectivity index (χ1v) is 12.0. The molecule has 0 aromatic heterocycles. The molecule has 0 bridgehead atoms. The van der Waals surface area contributed by atoms with Crippen molar-refractivity contribution in [2.75, 3.05) is 19.8 Å². The van der Waals surface area contributed by atoms with E-state index in [0.717, 1.165) is 12.2 Å². The Morgan fingerprint density at radius 2 is 1.42 bits per heavy atom. The van der Waals surface area contributed by atoms with Crippen LogP contribution in [0.15, 0.2) is 76.5 Å². The van der Waals surface area contributed by atoms with Crippen LogP contribution in [-0.4, -0.2) is 40.0 Å². The van der Waals surface area contributed by atoms with Crippen molar-refractivity contribution in [1.82, 2.24) is 0 Å². The summed E-state index contributed by atoms with van der Waals surface area (Å²) in [5.41, 5.74) is 0.212. The first-order chi connectivity index (χ1) is 15.9. The SMILES string of the molecule is CCCOc1ccc(OCCOC(=O)c2ccc3c(c2)S(=O)(=O)c2ccccc2C3=O)cc1.